The molecule has 9 heteroatoms. The number of Topliss-reactive ketones (excluding diaryl/α,β-unsaturated/α-hetero) is 1. The Labute approximate surface area is 143 Å². The standard InChI is InChI=1S/C13H10BrCl2N3O3/c1-6(20)5-19-13(21)11(14)10(4-18-19)22-12-8(15)2-7(17)3-9(12)16/h2-4H,5,17H2,1H3. The highest BCUT2D eigenvalue weighted by Gasteiger charge is 2.15. The molecule has 2 N–H and O–H groups in total. The number of ketones is 1. The van der Waals surface area contributed by atoms with E-state index >= 15 is 0 Å². The summed E-state index contributed by atoms with van der Waals surface area (Å²) in [6.07, 6.45) is 1.29. The number of nitrogen functional groups attached to an aromatic ring is 1. The molecule has 0 spiro atoms. The zero-order valence-corrected chi connectivity index (χ0v) is 14.4. The number of hydrogen-bond donors (Lipinski definition) is 1. The lowest BCUT2D eigenvalue weighted by Gasteiger charge is -2.12. The van der Waals surface area contributed by atoms with Crippen LogP contribution in [0.2, 0.25) is 10.0 Å². The lowest BCUT2D eigenvalue weighted by Crippen LogP contribution is -2.26. The van der Waals surface area contributed by atoms with Gasteiger partial charge in [-0.1, -0.05) is 23.2 Å². The molecule has 0 aliphatic heterocycles. The number of aromatic nitrogens is 2. The van der Waals surface area contributed by atoms with Crippen LogP contribution in [0.25, 0.3) is 0 Å². The Balaban J connectivity index is 2.42. The highest BCUT2D eigenvalue weighted by atomic mass is 79.9. The Morgan fingerprint density at radius 2 is 2.00 bits per heavy atom. The average molecular weight is 407 g/mol. The van der Waals surface area contributed by atoms with E-state index in [2.05, 4.69) is 21.0 Å². The van der Waals surface area contributed by atoms with Crippen molar-refractivity contribution < 1.29 is 9.53 Å². The number of carbonyl (C=O) groups excluding carboxylic acids is 1. The zero-order valence-electron chi connectivity index (χ0n) is 11.3. The molecule has 1 heterocycles. The van der Waals surface area contributed by atoms with Crippen LogP contribution in [0.1, 0.15) is 6.92 Å². The SMILES string of the molecule is CC(=O)Cn1ncc(Oc2c(Cl)cc(N)cc2Cl)c(Br)c1=O. The Morgan fingerprint density at radius 1 is 1.41 bits per heavy atom. The van der Waals surface area contributed by atoms with Crippen molar-refractivity contribution in [3.8, 4) is 11.5 Å². The van der Waals surface area contributed by atoms with Crippen LogP contribution >= 0.6 is 39.1 Å². The first-order valence-electron chi connectivity index (χ1n) is 5.97. The number of nitrogens with two attached hydrogens (primary N) is 1. The molecule has 0 amide bonds. The number of ether oxygens (including phenoxy) is 1. The summed E-state index contributed by atoms with van der Waals surface area (Å²) in [5.41, 5.74) is 5.49. The van der Waals surface area contributed by atoms with Crippen LogP contribution in [0.5, 0.6) is 11.5 Å². The van der Waals surface area contributed by atoms with Gasteiger partial charge in [0, 0.05) is 5.69 Å². The van der Waals surface area contributed by atoms with Crippen molar-refractivity contribution in [3.05, 3.63) is 43.2 Å². The lowest BCUT2D eigenvalue weighted by molar-refractivity contribution is -0.117. The van der Waals surface area contributed by atoms with Gasteiger partial charge in [-0.15, -0.1) is 0 Å². The van der Waals surface area contributed by atoms with E-state index in [-0.39, 0.29) is 38.3 Å². The summed E-state index contributed by atoms with van der Waals surface area (Å²) in [7, 11) is 0. The largest absolute Gasteiger partial charge is 0.451 e. The summed E-state index contributed by atoms with van der Waals surface area (Å²) in [6, 6.07) is 2.95. The monoisotopic (exact) mass is 405 g/mol. The molecule has 0 bridgehead atoms. The van der Waals surface area contributed by atoms with Gasteiger partial charge in [0.2, 0.25) is 0 Å². The predicted molar refractivity (Wildman–Crippen MR) is 87.8 cm³/mol. The van der Waals surface area contributed by atoms with Gasteiger partial charge in [0.25, 0.3) is 5.56 Å². The molecule has 2 rings (SSSR count). The molecule has 0 fully saturated rings. The first kappa shape index (κ1) is 16.8. The van der Waals surface area contributed by atoms with E-state index in [0.29, 0.717) is 5.69 Å². The second-order valence-corrected chi connectivity index (χ2v) is 6.01. The van der Waals surface area contributed by atoms with Gasteiger partial charge in [-0.3, -0.25) is 9.59 Å². The van der Waals surface area contributed by atoms with E-state index in [1.165, 1.54) is 25.3 Å². The Hall–Kier alpha value is -1.57. The number of halogens is 3. The van der Waals surface area contributed by atoms with Crippen molar-refractivity contribution >= 4 is 50.6 Å². The molecule has 116 valence electrons. The molecule has 0 saturated heterocycles. The van der Waals surface area contributed by atoms with Crippen LogP contribution in [0, 0.1) is 0 Å². The smallest absolute Gasteiger partial charge is 0.285 e. The summed E-state index contributed by atoms with van der Waals surface area (Å²) in [6.45, 7) is 1.24. The minimum atomic E-state index is -0.504. The molecular weight excluding hydrogens is 397 g/mol. The third-order valence-corrected chi connectivity index (χ3v) is 3.85. The summed E-state index contributed by atoms with van der Waals surface area (Å²) in [4.78, 5) is 23.2. The van der Waals surface area contributed by atoms with Gasteiger partial charge in [-0.25, -0.2) is 4.68 Å². The molecule has 2 aromatic rings. The van der Waals surface area contributed by atoms with Crippen molar-refractivity contribution in [1.29, 1.82) is 0 Å². The lowest BCUT2D eigenvalue weighted by atomic mass is 10.3. The number of anilines is 1. The minimum Gasteiger partial charge on any atom is -0.451 e. The number of carbonyl (C=O) groups is 1. The molecule has 0 unspecified atom stereocenters. The number of rotatable bonds is 4. The molecule has 6 nitrogen and oxygen atoms in total. The maximum atomic E-state index is 12.1. The average Bonchev–Trinajstić information content (AvgIpc) is 2.41. The van der Waals surface area contributed by atoms with Crippen LogP contribution in [0.4, 0.5) is 5.69 Å². The van der Waals surface area contributed by atoms with Gasteiger partial charge in [0.1, 0.15) is 11.0 Å². The quantitative estimate of drug-likeness (QED) is 0.787. The second kappa shape index (κ2) is 6.68. The number of hydrogen-bond acceptors (Lipinski definition) is 5. The number of nitrogens with zero attached hydrogens (tertiary/aromatic N) is 2. The maximum absolute atomic E-state index is 12.1. The summed E-state index contributed by atoms with van der Waals surface area (Å²) in [5, 5.41) is 4.27. The van der Waals surface area contributed by atoms with E-state index in [0.717, 1.165) is 4.68 Å². The summed E-state index contributed by atoms with van der Waals surface area (Å²) >= 11 is 15.2. The van der Waals surface area contributed by atoms with Gasteiger partial charge in [0.05, 0.1) is 16.2 Å². The van der Waals surface area contributed by atoms with Gasteiger partial charge < -0.3 is 10.5 Å². The van der Waals surface area contributed by atoms with Crippen molar-refractivity contribution in [1.82, 2.24) is 9.78 Å². The fourth-order valence-electron chi connectivity index (χ4n) is 1.63. The van der Waals surface area contributed by atoms with Crippen molar-refractivity contribution in [2.75, 3.05) is 5.73 Å². The van der Waals surface area contributed by atoms with E-state index in [1.807, 2.05) is 0 Å². The fourth-order valence-corrected chi connectivity index (χ4v) is 2.60. The third-order valence-electron chi connectivity index (χ3n) is 2.56. The molecule has 0 aliphatic carbocycles. The molecule has 0 aliphatic rings. The number of benzene rings is 1. The topological polar surface area (TPSA) is 87.2 Å². The van der Waals surface area contributed by atoms with Crippen molar-refractivity contribution in [2.45, 2.75) is 13.5 Å². The summed E-state index contributed by atoms with van der Waals surface area (Å²) < 4.78 is 6.66. The molecular formula is C13H10BrCl2N3O3. The second-order valence-electron chi connectivity index (χ2n) is 4.40. The van der Waals surface area contributed by atoms with E-state index in [9.17, 15) is 9.59 Å². The third kappa shape index (κ3) is 3.60. The van der Waals surface area contributed by atoms with Crippen LogP contribution in [0.3, 0.4) is 0 Å². The van der Waals surface area contributed by atoms with Crippen LogP contribution in [0.15, 0.2) is 27.6 Å². The normalized spacial score (nSPS) is 10.5. The van der Waals surface area contributed by atoms with Crippen molar-refractivity contribution in [2.24, 2.45) is 0 Å². The van der Waals surface area contributed by atoms with E-state index in [1.54, 1.807) is 0 Å². The van der Waals surface area contributed by atoms with Crippen molar-refractivity contribution in [3.63, 3.8) is 0 Å². The highest BCUT2D eigenvalue weighted by molar-refractivity contribution is 9.10. The van der Waals surface area contributed by atoms with E-state index < -0.39 is 5.56 Å². The Bertz CT molecular complexity index is 785. The molecule has 0 atom stereocenters. The minimum absolute atomic E-state index is 0.104. The van der Waals surface area contributed by atoms with Gasteiger partial charge in [0.15, 0.2) is 17.3 Å². The molecule has 0 radical (unpaired) electrons. The molecule has 0 saturated carbocycles. The maximum Gasteiger partial charge on any atom is 0.285 e. The Kier molecular flexibility index (Phi) is 5.10. The first-order chi connectivity index (χ1) is 10.3. The van der Waals surface area contributed by atoms with Gasteiger partial charge >= 0.3 is 0 Å². The first-order valence-corrected chi connectivity index (χ1v) is 7.52. The predicted octanol–water partition coefficient (Wildman–Crippen LogP) is 3.28. The molecule has 1 aromatic heterocycles. The van der Waals surface area contributed by atoms with E-state index in [4.69, 9.17) is 33.7 Å². The fraction of sp³-hybridized carbons (Fsp3) is 0.154. The van der Waals surface area contributed by atoms with Crippen LogP contribution < -0.4 is 16.0 Å². The molecule has 22 heavy (non-hydrogen) atoms. The highest BCUT2D eigenvalue weighted by Crippen LogP contribution is 2.39. The van der Waals surface area contributed by atoms with Crippen LogP contribution in [-0.4, -0.2) is 15.6 Å². The zero-order chi connectivity index (χ0) is 16.4. The van der Waals surface area contributed by atoms with Crippen LogP contribution in [-0.2, 0) is 11.3 Å². The molecule has 1 aromatic carbocycles. The summed E-state index contributed by atoms with van der Waals surface area (Å²) in [5.74, 6) is 0.0851. The Morgan fingerprint density at radius 3 is 2.55 bits per heavy atom. The van der Waals surface area contributed by atoms with Gasteiger partial charge in [-0.2, -0.15) is 5.10 Å². The van der Waals surface area contributed by atoms with Gasteiger partial charge in [-0.05, 0) is 35.0 Å².